The molecule has 0 aromatic carbocycles. The third kappa shape index (κ3) is 0.761. The van der Waals surface area contributed by atoms with Gasteiger partial charge in [0.15, 0.2) is 0 Å². The van der Waals surface area contributed by atoms with Crippen LogP contribution in [0.4, 0.5) is 0 Å². The quantitative estimate of drug-likeness (QED) is 0.522. The number of fused-ring (bicyclic) bond motifs is 2. The van der Waals surface area contributed by atoms with Gasteiger partial charge in [-0.25, -0.2) is 0 Å². The summed E-state index contributed by atoms with van der Waals surface area (Å²) in [4.78, 5) is 0. The van der Waals surface area contributed by atoms with Gasteiger partial charge in [-0.1, -0.05) is 0 Å². The highest BCUT2D eigenvalue weighted by Gasteiger charge is 2.47. The summed E-state index contributed by atoms with van der Waals surface area (Å²) in [6.45, 7) is 0. The van der Waals surface area contributed by atoms with Gasteiger partial charge in [0.05, 0.1) is 24.0 Å². The molecule has 2 aliphatic rings. The number of hydrogen-bond acceptors (Lipinski definition) is 2. The third-order valence-electron chi connectivity index (χ3n) is 3.21. The number of nitrogens with zero attached hydrogens (tertiary/aromatic N) is 2. The molecule has 0 heterocycles. The molecule has 2 saturated carbocycles. The molecule has 2 rings (SSSR count). The van der Waals surface area contributed by atoms with E-state index < -0.39 is 0 Å². The molecule has 0 aromatic rings. The van der Waals surface area contributed by atoms with E-state index in [0.717, 1.165) is 6.42 Å². The predicted octanol–water partition coefficient (Wildman–Crippen LogP) is 1.70. The van der Waals surface area contributed by atoms with Gasteiger partial charge in [0.1, 0.15) is 0 Å². The van der Waals surface area contributed by atoms with E-state index in [-0.39, 0.29) is 11.8 Å². The molecule has 0 N–H and O–H groups in total. The first kappa shape index (κ1) is 6.68. The Labute approximate surface area is 66.4 Å². The number of hydrogen-bond donors (Lipinski definition) is 0. The monoisotopic (exact) mass is 146 g/mol. The first-order valence-corrected chi connectivity index (χ1v) is 4.16. The van der Waals surface area contributed by atoms with E-state index in [4.69, 9.17) is 10.5 Å². The minimum absolute atomic E-state index is 0.0544. The summed E-state index contributed by atoms with van der Waals surface area (Å²) < 4.78 is 0. The summed E-state index contributed by atoms with van der Waals surface area (Å²) in [6, 6.07) is 4.55. The van der Waals surface area contributed by atoms with E-state index in [2.05, 4.69) is 12.1 Å². The number of nitriles is 2. The van der Waals surface area contributed by atoms with Gasteiger partial charge in [-0.2, -0.15) is 10.5 Å². The molecule has 0 radical (unpaired) electrons. The molecule has 0 spiro atoms. The molecule has 2 bridgehead atoms. The van der Waals surface area contributed by atoms with Crippen molar-refractivity contribution in [2.24, 2.45) is 23.7 Å². The van der Waals surface area contributed by atoms with Crippen LogP contribution in [0.2, 0.25) is 0 Å². The van der Waals surface area contributed by atoms with Crippen LogP contribution < -0.4 is 0 Å². The first-order chi connectivity index (χ1) is 5.36. The average molecular weight is 146 g/mol. The molecule has 2 heteroatoms. The van der Waals surface area contributed by atoms with Crippen LogP contribution in [0, 0.1) is 46.3 Å². The Morgan fingerprint density at radius 1 is 0.909 bits per heavy atom. The summed E-state index contributed by atoms with van der Waals surface area (Å²) in [5, 5.41) is 17.6. The lowest BCUT2D eigenvalue weighted by atomic mass is 9.81. The fraction of sp³-hybridized carbons (Fsp3) is 0.778. The molecule has 0 aliphatic heterocycles. The third-order valence-corrected chi connectivity index (χ3v) is 3.21. The lowest BCUT2D eigenvalue weighted by Gasteiger charge is -2.19. The second-order valence-corrected chi connectivity index (χ2v) is 3.64. The van der Waals surface area contributed by atoms with Gasteiger partial charge in [0, 0.05) is 0 Å². The topological polar surface area (TPSA) is 47.6 Å². The molecule has 2 nitrogen and oxygen atoms in total. The van der Waals surface area contributed by atoms with Gasteiger partial charge >= 0.3 is 0 Å². The lowest BCUT2D eigenvalue weighted by molar-refractivity contribution is 0.332. The molecule has 56 valence electrons. The van der Waals surface area contributed by atoms with E-state index in [1.54, 1.807) is 0 Å². The van der Waals surface area contributed by atoms with Crippen LogP contribution in [0.25, 0.3) is 0 Å². The molecular formula is C9H10N2. The van der Waals surface area contributed by atoms with Gasteiger partial charge in [-0.3, -0.25) is 0 Å². The molecule has 11 heavy (non-hydrogen) atoms. The summed E-state index contributed by atoms with van der Waals surface area (Å²) >= 11 is 0. The van der Waals surface area contributed by atoms with Crippen molar-refractivity contribution in [3.05, 3.63) is 0 Å². The number of rotatable bonds is 0. The normalized spacial score (nSPS) is 46.7. The van der Waals surface area contributed by atoms with Crippen LogP contribution in [-0.2, 0) is 0 Å². The van der Waals surface area contributed by atoms with E-state index in [1.165, 1.54) is 12.8 Å². The van der Waals surface area contributed by atoms with Crippen molar-refractivity contribution in [3.8, 4) is 12.1 Å². The molecule has 0 amide bonds. The molecule has 4 atom stereocenters. The molecule has 0 saturated heterocycles. The van der Waals surface area contributed by atoms with E-state index in [9.17, 15) is 0 Å². The highest BCUT2D eigenvalue weighted by atomic mass is 14.5. The standard InChI is InChI=1S/C9H10N2/c10-4-8-6-1-2-7(3-6)9(8)5-11/h6-9H,1-3H2. The zero-order valence-corrected chi connectivity index (χ0v) is 6.33. The Kier molecular flexibility index (Phi) is 1.36. The predicted molar refractivity (Wildman–Crippen MR) is 39.0 cm³/mol. The van der Waals surface area contributed by atoms with Crippen LogP contribution in [-0.4, -0.2) is 0 Å². The van der Waals surface area contributed by atoms with Gasteiger partial charge in [0.2, 0.25) is 0 Å². The second kappa shape index (κ2) is 2.24. The average Bonchev–Trinajstić information content (AvgIpc) is 2.60. The minimum Gasteiger partial charge on any atom is -0.198 e. The SMILES string of the molecule is N#CC1C2CCC(C2)C1C#N. The van der Waals surface area contributed by atoms with Gasteiger partial charge in [-0.15, -0.1) is 0 Å². The molecule has 2 aliphatic carbocycles. The Bertz CT molecular complexity index is 219. The molecule has 0 aromatic heterocycles. The van der Waals surface area contributed by atoms with E-state index in [1.807, 2.05) is 0 Å². The Balaban J connectivity index is 2.24. The van der Waals surface area contributed by atoms with Crippen molar-refractivity contribution in [3.63, 3.8) is 0 Å². The Morgan fingerprint density at radius 2 is 1.36 bits per heavy atom. The maximum atomic E-state index is 8.79. The Hall–Kier alpha value is -1.02. The van der Waals surface area contributed by atoms with Crippen LogP contribution in [0.1, 0.15) is 19.3 Å². The van der Waals surface area contributed by atoms with Crippen LogP contribution in [0.15, 0.2) is 0 Å². The fourth-order valence-corrected chi connectivity index (χ4v) is 2.66. The highest BCUT2D eigenvalue weighted by molar-refractivity contribution is 5.11. The van der Waals surface area contributed by atoms with Crippen molar-refractivity contribution in [2.45, 2.75) is 19.3 Å². The fourth-order valence-electron chi connectivity index (χ4n) is 2.66. The van der Waals surface area contributed by atoms with Gasteiger partial charge in [-0.05, 0) is 31.1 Å². The van der Waals surface area contributed by atoms with Crippen molar-refractivity contribution in [1.82, 2.24) is 0 Å². The summed E-state index contributed by atoms with van der Waals surface area (Å²) in [6.07, 6.45) is 3.50. The summed E-state index contributed by atoms with van der Waals surface area (Å²) in [7, 11) is 0. The Morgan fingerprint density at radius 3 is 1.73 bits per heavy atom. The van der Waals surface area contributed by atoms with Crippen molar-refractivity contribution in [2.75, 3.05) is 0 Å². The largest absolute Gasteiger partial charge is 0.198 e. The smallest absolute Gasteiger partial charge is 0.0672 e. The zero-order valence-electron chi connectivity index (χ0n) is 6.33. The summed E-state index contributed by atoms with van der Waals surface area (Å²) in [5.74, 6) is 1.21. The molecule has 2 fully saturated rings. The zero-order chi connectivity index (χ0) is 7.84. The van der Waals surface area contributed by atoms with Gasteiger partial charge in [0.25, 0.3) is 0 Å². The van der Waals surface area contributed by atoms with Crippen LogP contribution in [0.5, 0.6) is 0 Å². The second-order valence-electron chi connectivity index (χ2n) is 3.64. The minimum atomic E-state index is 0.0544. The van der Waals surface area contributed by atoms with E-state index in [0.29, 0.717) is 11.8 Å². The van der Waals surface area contributed by atoms with Crippen molar-refractivity contribution < 1.29 is 0 Å². The van der Waals surface area contributed by atoms with Crippen molar-refractivity contribution in [1.29, 1.82) is 10.5 Å². The van der Waals surface area contributed by atoms with E-state index >= 15 is 0 Å². The lowest BCUT2D eigenvalue weighted by Crippen LogP contribution is -2.19. The molecular weight excluding hydrogens is 136 g/mol. The van der Waals surface area contributed by atoms with Crippen LogP contribution in [0.3, 0.4) is 0 Å². The van der Waals surface area contributed by atoms with Crippen LogP contribution >= 0.6 is 0 Å². The highest BCUT2D eigenvalue weighted by Crippen LogP contribution is 2.51. The van der Waals surface area contributed by atoms with Crippen molar-refractivity contribution >= 4 is 0 Å². The summed E-state index contributed by atoms with van der Waals surface area (Å²) in [5.41, 5.74) is 0. The maximum absolute atomic E-state index is 8.79. The molecule has 4 unspecified atom stereocenters. The maximum Gasteiger partial charge on any atom is 0.0672 e. The first-order valence-electron chi connectivity index (χ1n) is 4.16. The van der Waals surface area contributed by atoms with Gasteiger partial charge < -0.3 is 0 Å².